The predicted octanol–water partition coefficient (Wildman–Crippen LogP) is 6.38. The summed E-state index contributed by atoms with van der Waals surface area (Å²) >= 11 is 1.69. The van der Waals surface area contributed by atoms with E-state index in [9.17, 15) is 4.79 Å². The number of rotatable bonds is 7. The first-order chi connectivity index (χ1) is 19.7. The van der Waals surface area contributed by atoms with Crippen molar-refractivity contribution in [3.63, 3.8) is 0 Å². The second kappa shape index (κ2) is 10.9. The maximum atomic E-state index is 12.6. The van der Waals surface area contributed by atoms with E-state index in [0.717, 1.165) is 79.3 Å². The summed E-state index contributed by atoms with van der Waals surface area (Å²) in [5.74, 6) is 0.837. The molecule has 0 aliphatic carbocycles. The van der Waals surface area contributed by atoms with E-state index in [-0.39, 0.29) is 12.4 Å². The van der Waals surface area contributed by atoms with Crippen molar-refractivity contribution in [2.45, 2.75) is 39.7 Å². The molecule has 3 aromatic carbocycles. The van der Waals surface area contributed by atoms with E-state index >= 15 is 0 Å². The molecule has 1 saturated heterocycles. The maximum Gasteiger partial charge on any atom is 0.310 e. The summed E-state index contributed by atoms with van der Waals surface area (Å²) in [6.07, 6.45) is 1.37. The van der Waals surface area contributed by atoms with E-state index in [1.54, 1.807) is 11.3 Å². The van der Waals surface area contributed by atoms with Gasteiger partial charge in [-0.25, -0.2) is 4.98 Å². The lowest BCUT2D eigenvalue weighted by Gasteiger charge is -2.20. The lowest BCUT2D eigenvalue weighted by molar-refractivity contribution is -0.142. The highest BCUT2D eigenvalue weighted by Crippen LogP contribution is 2.42. The number of hydrogen-bond donors (Lipinski definition) is 0. The number of aryl methyl sites for hydroxylation is 3. The van der Waals surface area contributed by atoms with Crippen molar-refractivity contribution < 1.29 is 9.53 Å². The van der Waals surface area contributed by atoms with Gasteiger partial charge in [0, 0.05) is 42.7 Å². The third-order valence-corrected chi connectivity index (χ3v) is 9.39. The van der Waals surface area contributed by atoms with Crippen LogP contribution in [0.5, 0.6) is 0 Å². The van der Waals surface area contributed by atoms with E-state index in [2.05, 4.69) is 86.3 Å². The third-order valence-electron chi connectivity index (χ3n) is 8.25. The molecule has 6 rings (SSSR count). The molecular weight excluding hydrogens is 530 g/mol. The minimum atomic E-state index is -0.207. The van der Waals surface area contributed by atoms with E-state index in [1.165, 1.54) is 5.56 Å². The molecule has 2 aromatic heterocycles. The molecule has 0 spiro atoms. The number of hydrogen-bond acceptors (Lipinski definition) is 7. The quantitative estimate of drug-likeness (QED) is 0.213. The standard InChI is InChI=1S/C33H37N5O2S/c1-7-40-29(39)18-25-21(3)16-27-31(30(25)22-10-8-20(2)9-11-22)41-33(34-27)23-12-13-28-26(17-23)32(35-37(28)6)38-15-14-24(19-38)36(4)5/h8-13,16-17,24H,7,14-15,18-19H2,1-6H3. The Morgan fingerprint density at radius 1 is 1.10 bits per heavy atom. The molecule has 1 atom stereocenters. The Morgan fingerprint density at radius 2 is 1.85 bits per heavy atom. The van der Waals surface area contributed by atoms with Crippen LogP contribution in [0.15, 0.2) is 48.5 Å². The van der Waals surface area contributed by atoms with Gasteiger partial charge in [0.25, 0.3) is 0 Å². The fourth-order valence-corrected chi connectivity index (χ4v) is 7.07. The maximum absolute atomic E-state index is 12.6. The van der Waals surface area contributed by atoms with Crippen molar-refractivity contribution in [3.05, 3.63) is 65.2 Å². The highest BCUT2D eigenvalue weighted by Gasteiger charge is 2.28. The van der Waals surface area contributed by atoms with Crippen molar-refractivity contribution in [1.82, 2.24) is 19.7 Å². The van der Waals surface area contributed by atoms with Crippen LogP contribution in [0, 0.1) is 13.8 Å². The van der Waals surface area contributed by atoms with Gasteiger partial charge in [-0.05, 0) is 82.2 Å². The molecule has 0 amide bonds. The number of fused-ring (bicyclic) bond motifs is 2. The minimum Gasteiger partial charge on any atom is -0.466 e. The summed E-state index contributed by atoms with van der Waals surface area (Å²) in [7, 11) is 6.33. The fourth-order valence-electron chi connectivity index (χ4n) is 5.94. The zero-order chi connectivity index (χ0) is 28.8. The first kappa shape index (κ1) is 27.4. The minimum absolute atomic E-state index is 0.207. The Bertz CT molecular complexity index is 1750. The van der Waals surface area contributed by atoms with Crippen LogP contribution in [0.2, 0.25) is 0 Å². The Hall–Kier alpha value is -3.75. The van der Waals surface area contributed by atoms with E-state index in [1.807, 2.05) is 18.7 Å². The summed E-state index contributed by atoms with van der Waals surface area (Å²) in [6, 6.07) is 17.7. The molecule has 0 bridgehead atoms. The summed E-state index contributed by atoms with van der Waals surface area (Å²) in [5, 5.41) is 7.05. The average Bonchev–Trinajstić information content (AvgIpc) is 3.67. The van der Waals surface area contributed by atoms with Gasteiger partial charge in [0.1, 0.15) is 5.01 Å². The van der Waals surface area contributed by atoms with Crippen molar-refractivity contribution >= 4 is 44.2 Å². The molecule has 1 fully saturated rings. The SMILES string of the molecule is CCOC(=O)Cc1c(C)cc2nc(-c3ccc4c(c3)c(N3CCC(N(C)C)C3)nn4C)sc2c1-c1ccc(C)cc1. The van der Waals surface area contributed by atoms with Crippen LogP contribution < -0.4 is 4.90 Å². The van der Waals surface area contributed by atoms with Crippen molar-refractivity contribution in [1.29, 1.82) is 0 Å². The van der Waals surface area contributed by atoms with Gasteiger partial charge in [0.05, 0.1) is 28.8 Å². The highest BCUT2D eigenvalue weighted by atomic mass is 32.1. The molecule has 3 heterocycles. The van der Waals surface area contributed by atoms with Crippen molar-refractivity contribution in [2.24, 2.45) is 7.05 Å². The second-order valence-electron chi connectivity index (χ2n) is 11.3. The summed E-state index contributed by atoms with van der Waals surface area (Å²) < 4.78 is 8.42. The van der Waals surface area contributed by atoms with E-state index in [4.69, 9.17) is 14.8 Å². The monoisotopic (exact) mass is 567 g/mol. The van der Waals surface area contributed by atoms with Gasteiger partial charge in [-0.1, -0.05) is 29.8 Å². The number of benzene rings is 3. The molecule has 1 unspecified atom stereocenters. The van der Waals surface area contributed by atoms with Gasteiger partial charge in [0.15, 0.2) is 5.82 Å². The number of nitrogens with zero attached hydrogens (tertiary/aromatic N) is 5. The Morgan fingerprint density at radius 3 is 2.56 bits per heavy atom. The van der Waals surface area contributed by atoms with Crippen LogP contribution in [0.25, 0.3) is 42.8 Å². The number of esters is 1. The molecule has 7 nitrogen and oxygen atoms in total. The van der Waals surface area contributed by atoms with Crippen molar-refractivity contribution in [2.75, 3.05) is 38.7 Å². The number of carbonyl (C=O) groups excluding carboxylic acids is 1. The normalized spacial score (nSPS) is 15.5. The van der Waals surface area contributed by atoms with E-state index < -0.39 is 0 Å². The number of carbonyl (C=O) groups is 1. The zero-order valence-electron chi connectivity index (χ0n) is 24.7. The van der Waals surface area contributed by atoms with Gasteiger partial charge in [-0.2, -0.15) is 5.10 Å². The van der Waals surface area contributed by atoms with Gasteiger partial charge in [-0.3, -0.25) is 9.48 Å². The number of anilines is 1. The Balaban J connectivity index is 1.47. The van der Waals surface area contributed by atoms with Crippen LogP contribution in [0.4, 0.5) is 5.82 Å². The summed E-state index contributed by atoms with van der Waals surface area (Å²) in [6.45, 7) is 8.35. The predicted molar refractivity (Wildman–Crippen MR) is 169 cm³/mol. The first-order valence-electron chi connectivity index (χ1n) is 14.3. The molecule has 1 aliphatic rings. The summed E-state index contributed by atoms with van der Waals surface area (Å²) in [5.41, 5.74) is 8.56. The zero-order valence-corrected chi connectivity index (χ0v) is 25.5. The molecule has 8 heteroatoms. The Kier molecular flexibility index (Phi) is 7.30. The van der Waals surface area contributed by atoms with Crippen molar-refractivity contribution in [3.8, 4) is 21.7 Å². The van der Waals surface area contributed by atoms with Gasteiger partial charge in [0.2, 0.25) is 0 Å². The second-order valence-corrected chi connectivity index (χ2v) is 12.3. The van der Waals surface area contributed by atoms with Crippen LogP contribution in [0.3, 0.4) is 0 Å². The highest BCUT2D eigenvalue weighted by molar-refractivity contribution is 7.22. The lowest BCUT2D eigenvalue weighted by Crippen LogP contribution is -2.31. The fraction of sp³-hybridized carbons (Fsp3) is 0.364. The number of thiazole rings is 1. The largest absolute Gasteiger partial charge is 0.466 e. The van der Waals surface area contributed by atoms with Crippen LogP contribution in [-0.4, -0.2) is 65.5 Å². The lowest BCUT2D eigenvalue weighted by atomic mass is 9.93. The molecule has 0 radical (unpaired) electrons. The van der Waals surface area contributed by atoms with E-state index in [0.29, 0.717) is 12.6 Å². The number of likely N-dealkylation sites (N-methyl/N-ethyl adjacent to an activating group) is 1. The molecule has 1 aliphatic heterocycles. The van der Waals surface area contributed by atoms with Crippen LogP contribution >= 0.6 is 11.3 Å². The number of aromatic nitrogens is 3. The first-order valence-corrected chi connectivity index (χ1v) is 15.1. The van der Waals surface area contributed by atoms with Gasteiger partial charge >= 0.3 is 5.97 Å². The molecule has 0 N–H and O–H groups in total. The summed E-state index contributed by atoms with van der Waals surface area (Å²) in [4.78, 5) is 22.5. The molecule has 5 aromatic rings. The van der Waals surface area contributed by atoms with Crippen LogP contribution in [0.1, 0.15) is 30.0 Å². The average molecular weight is 568 g/mol. The van der Waals surface area contributed by atoms with Gasteiger partial charge < -0.3 is 14.5 Å². The smallest absolute Gasteiger partial charge is 0.310 e. The van der Waals surface area contributed by atoms with Gasteiger partial charge in [-0.15, -0.1) is 11.3 Å². The third kappa shape index (κ3) is 5.11. The Labute approximate surface area is 245 Å². The molecule has 212 valence electrons. The molecular formula is C33H37N5O2S. The number of ether oxygens (including phenoxy) is 1. The topological polar surface area (TPSA) is 63.5 Å². The molecule has 0 saturated carbocycles. The molecule has 41 heavy (non-hydrogen) atoms. The van der Waals surface area contributed by atoms with Crippen LogP contribution in [-0.2, 0) is 23.0 Å².